The van der Waals surface area contributed by atoms with E-state index >= 15 is 0 Å². The molecule has 0 radical (unpaired) electrons. The van der Waals surface area contributed by atoms with E-state index in [1.165, 1.54) is 11.8 Å². The molecule has 2 heterocycles. The van der Waals surface area contributed by atoms with Crippen LogP contribution in [0.2, 0.25) is 0 Å². The predicted molar refractivity (Wildman–Crippen MR) is 93.2 cm³/mol. The van der Waals surface area contributed by atoms with Crippen LogP contribution in [0, 0.1) is 13.8 Å². The summed E-state index contributed by atoms with van der Waals surface area (Å²) in [5, 5.41) is 8.80. The Labute approximate surface area is 145 Å². The molecule has 0 spiro atoms. The molecule has 0 saturated carbocycles. The molecule has 0 atom stereocenters. The van der Waals surface area contributed by atoms with Gasteiger partial charge < -0.3 is 14.9 Å². The smallest absolute Gasteiger partial charge is 0.217 e. The number of hydrogen-bond donors (Lipinski definition) is 1. The first-order valence-electron chi connectivity index (χ1n) is 7.84. The third-order valence-corrected chi connectivity index (χ3v) is 5.06. The molecular formula is C16H23N5O2S. The molecule has 0 aliphatic heterocycles. The van der Waals surface area contributed by atoms with Crippen LogP contribution in [0.4, 0.5) is 0 Å². The zero-order valence-corrected chi connectivity index (χ0v) is 15.3. The minimum Gasteiger partial charge on any atom is -0.370 e. The molecule has 2 N–H and O–H groups in total. The van der Waals surface area contributed by atoms with Crippen LogP contribution in [0.1, 0.15) is 40.9 Å². The number of nitrogens with zero attached hydrogens (tertiary/aromatic N) is 4. The Morgan fingerprint density at radius 2 is 2.00 bits per heavy atom. The molecule has 2 aromatic heterocycles. The molecule has 24 heavy (non-hydrogen) atoms. The second kappa shape index (κ2) is 7.65. The van der Waals surface area contributed by atoms with Crippen molar-refractivity contribution in [1.29, 1.82) is 0 Å². The lowest BCUT2D eigenvalue weighted by atomic mass is 10.2. The monoisotopic (exact) mass is 349 g/mol. The number of thioether (sulfide) groups is 1. The fourth-order valence-electron chi connectivity index (χ4n) is 2.70. The summed E-state index contributed by atoms with van der Waals surface area (Å²) >= 11 is 1.35. The summed E-state index contributed by atoms with van der Waals surface area (Å²) in [5.74, 6) is 0.701. The first-order chi connectivity index (χ1) is 11.3. The molecule has 0 fully saturated rings. The molecule has 2 aromatic rings. The third kappa shape index (κ3) is 3.87. The van der Waals surface area contributed by atoms with E-state index in [1.54, 1.807) is 4.57 Å². The Balaban J connectivity index is 2.03. The summed E-state index contributed by atoms with van der Waals surface area (Å²) in [5.41, 5.74) is 8.01. The number of aromatic nitrogens is 4. The molecular weight excluding hydrogens is 326 g/mol. The number of nitrogens with two attached hydrogens (primary N) is 1. The Morgan fingerprint density at radius 3 is 2.58 bits per heavy atom. The SMILES string of the molecule is CCn1c(C)cc(C(=O)CSc2nnc(CCC(N)=O)n2C)c1C. The number of hydrogen-bond acceptors (Lipinski definition) is 5. The van der Waals surface area contributed by atoms with Crippen LogP contribution in [0.3, 0.4) is 0 Å². The zero-order chi connectivity index (χ0) is 17.9. The van der Waals surface area contributed by atoms with Crippen molar-refractivity contribution < 1.29 is 9.59 Å². The van der Waals surface area contributed by atoms with Gasteiger partial charge in [-0.25, -0.2) is 0 Å². The predicted octanol–water partition coefficient (Wildman–Crippen LogP) is 1.65. The molecule has 0 bridgehead atoms. The Morgan fingerprint density at radius 1 is 1.29 bits per heavy atom. The van der Waals surface area contributed by atoms with Crippen molar-refractivity contribution in [2.45, 2.75) is 45.3 Å². The highest BCUT2D eigenvalue weighted by molar-refractivity contribution is 7.99. The summed E-state index contributed by atoms with van der Waals surface area (Å²) in [7, 11) is 1.83. The highest BCUT2D eigenvalue weighted by Gasteiger charge is 2.17. The lowest BCUT2D eigenvalue weighted by molar-refractivity contribution is -0.118. The van der Waals surface area contributed by atoms with Crippen molar-refractivity contribution in [2.24, 2.45) is 12.8 Å². The Kier molecular flexibility index (Phi) is 5.82. The van der Waals surface area contributed by atoms with Crippen LogP contribution in [-0.2, 0) is 24.8 Å². The second-order valence-electron chi connectivity index (χ2n) is 5.67. The molecule has 0 unspecified atom stereocenters. The van der Waals surface area contributed by atoms with Crippen molar-refractivity contribution in [3.8, 4) is 0 Å². The van der Waals surface area contributed by atoms with Crippen molar-refractivity contribution in [3.63, 3.8) is 0 Å². The van der Waals surface area contributed by atoms with Crippen molar-refractivity contribution in [1.82, 2.24) is 19.3 Å². The molecule has 130 valence electrons. The molecule has 2 rings (SSSR count). The maximum Gasteiger partial charge on any atom is 0.217 e. The first kappa shape index (κ1) is 18.3. The van der Waals surface area contributed by atoms with Crippen LogP contribution < -0.4 is 5.73 Å². The second-order valence-corrected chi connectivity index (χ2v) is 6.61. The zero-order valence-electron chi connectivity index (χ0n) is 14.5. The van der Waals surface area contributed by atoms with Gasteiger partial charge in [-0.1, -0.05) is 11.8 Å². The molecule has 0 aliphatic rings. The normalized spacial score (nSPS) is 11.0. The summed E-state index contributed by atoms with van der Waals surface area (Å²) in [6.07, 6.45) is 0.684. The largest absolute Gasteiger partial charge is 0.370 e. The van der Waals surface area contributed by atoms with E-state index in [-0.39, 0.29) is 18.1 Å². The van der Waals surface area contributed by atoms with Crippen LogP contribution >= 0.6 is 11.8 Å². The fourth-order valence-corrected chi connectivity index (χ4v) is 3.51. The average molecular weight is 349 g/mol. The van der Waals surface area contributed by atoms with E-state index in [0.29, 0.717) is 23.2 Å². The van der Waals surface area contributed by atoms with Crippen LogP contribution in [0.25, 0.3) is 0 Å². The molecule has 0 aliphatic carbocycles. The maximum atomic E-state index is 12.5. The maximum absolute atomic E-state index is 12.5. The number of carbonyl (C=O) groups is 2. The topological polar surface area (TPSA) is 95.8 Å². The summed E-state index contributed by atoms with van der Waals surface area (Å²) in [6, 6.07) is 1.94. The van der Waals surface area contributed by atoms with Gasteiger partial charge in [0.25, 0.3) is 0 Å². The van der Waals surface area contributed by atoms with Crippen LogP contribution in [0.5, 0.6) is 0 Å². The third-order valence-electron chi connectivity index (χ3n) is 4.04. The number of primary amides is 1. The van der Waals surface area contributed by atoms with Gasteiger partial charge in [0.2, 0.25) is 5.91 Å². The van der Waals surface area contributed by atoms with E-state index < -0.39 is 0 Å². The lowest BCUT2D eigenvalue weighted by Crippen LogP contribution is -2.13. The highest BCUT2D eigenvalue weighted by Crippen LogP contribution is 2.21. The van der Waals surface area contributed by atoms with Gasteiger partial charge in [-0.15, -0.1) is 10.2 Å². The Bertz CT molecular complexity index is 763. The van der Waals surface area contributed by atoms with E-state index in [2.05, 4.69) is 21.7 Å². The van der Waals surface area contributed by atoms with Gasteiger partial charge in [0, 0.05) is 43.4 Å². The van der Waals surface area contributed by atoms with Crippen LogP contribution in [-0.4, -0.2) is 36.8 Å². The van der Waals surface area contributed by atoms with Gasteiger partial charge in [-0.3, -0.25) is 9.59 Å². The van der Waals surface area contributed by atoms with Gasteiger partial charge >= 0.3 is 0 Å². The number of aryl methyl sites for hydroxylation is 2. The fraction of sp³-hybridized carbons (Fsp3) is 0.500. The van der Waals surface area contributed by atoms with Gasteiger partial charge in [-0.05, 0) is 26.8 Å². The van der Waals surface area contributed by atoms with Crippen molar-refractivity contribution in [2.75, 3.05) is 5.75 Å². The highest BCUT2D eigenvalue weighted by atomic mass is 32.2. The molecule has 1 amide bonds. The van der Waals surface area contributed by atoms with Gasteiger partial charge in [0.15, 0.2) is 10.9 Å². The van der Waals surface area contributed by atoms with E-state index in [4.69, 9.17) is 5.73 Å². The number of amides is 1. The molecule has 0 aromatic carbocycles. The van der Waals surface area contributed by atoms with Gasteiger partial charge in [0.05, 0.1) is 5.75 Å². The summed E-state index contributed by atoms with van der Waals surface area (Å²) < 4.78 is 3.93. The van der Waals surface area contributed by atoms with E-state index in [1.807, 2.05) is 27.0 Å². The molecule has 0 saturated heterocycles. The minimum absolute atomic E-state index is 0.0782. The lowest BCUT2D eigenvalue weighted by Gasteiger charge is -2.06. The summed E-state index contributed by atoms with van der Waals surface area (Å²) in [4.78, 5) is 23.4. The number of Topliss-reactive ketones (excluding diaryl/α,β-unsaturated/α-hetero) is 1. The average Bonchev–Trinajstić information content (AvgIpc) is 3.02. The van der Waals surface area contributed by atoms with E-state index in [9.17, 15) is 9.59 Å². The van der Waals surface area contributed by atoms with Crippen molar-refractivity contribution >= 4 is 23.5 Å². The van der Waals surface area contributed by atoms with Crippen molar-refractivity contribution in [3.05, 3.63) is 28.8 Å². The Hall–Kier alpha value is -2.09. The van der Waals surface area contributed by atoms with Gasteiger partial charge in [0.1, 0.15) is 5.82 Å². The molecule has 7 nitrogen and oxygen atoms in total. The van der Waals surface area contributed by atoms with E-state index in [0.717, 1.165) is 23.5 Å². The first-order valence-corrected chi connectivity index (χ1v) is 8.83. The van der Waals surface area contributed by atoms with Crippen LogP contribution in [0.15, 0.2) is 11.2 Å². The standard InChI is InChI=1S/C16H23N5O2S/c1-5-21-10(2)8-12(11(21)3)13(22)9-24-16-19-18-15(20(16)4)7-6-14(17)23/h8H,5-7,9H2,1-4H3,(H2,17,23). The number of carbonyl (C=O) groups excluding carboxylic acids is 2. The molecule has 8 heteroatoms. The number of rotatable bonds is 8. The number of ketones is 1. The quantitative estimate of drug-likeness (QED) is 0.577. The minimum atomic E-state index is -0.367. The van der Waals surface area contributed by atoms with Gasteiger partial charge in [-0.2, -0.15) is 0 Å². The summed E-state index contributed by atoms with van der Waals surface area (Å²) in [6.45, 7) is 6.90.